The lowest BCUT2D eigenvalue weighted by Crippen LogP contribution is -2.57. The van der Waals surface area contributed by atoms with Gasteiger partial charge in [0.2, 0.25) is 11.8 Å². The van der Waals surface area contributed by atoms with Gasteiger partial charge in [0, 0.05) is 58.1 Å². The molecular formula is C23H32N4O5. The second-order valence-electron chi connectivity index (χ2n) is 8.69. The molecule has 1 aromatic rings. The molecule has 3 aliphatic heterocycles. The van der Waals surface area contributed by atoms with Crippen molar-refractivity contribution < 1.29 is 23.9 Å². The molecular weight excluding hydrogens is 412 g/mol. The van der Waals surface area contributed by atoms with Gasteiger partial charge in [0.15, 0.2) is 5.72 Å². The summed E-state index contributed by atoms with van der Waals surface area (Å²) in [6.07, 6.45) is 0.948. The van der Waals surface area contributed by atoms with Crippen molar-refractivity contribution in [1.82, 2.24) is 20.0 Å². The van der Waals surface area contributed by atoms with Gasteiger partial charge >= 0.3 is 0 Å². The van der Waals surface area contributed by atoms with Crippen molar-refractivity contribution in [1.29, 1.82) is 0 Å². The molecule has 3 heterocycles. The van der Waals surface area contributed by atoms with E-state index in [1.165, 1.54) is 0 Å². The molecule has 0 aliphatic carbocycles. The minimum atomic E-state index is -0.976. The number of amides is 3. The molecule has 9 heteroatoms. The van der Waals surface area contributed by atoms with Crippen molar-refractivity contribution in [3.8, 4) is 11.5 Å². The Labute approximate surface area is 188 Å². The summed E-state index contributed by atoms with van der Waals surface area (Å²) < 4.78 is 11.5. The molecule has 2 saturated heterocycles. The first-order chi connectivity index (χ1) is 15.4. The molecule has 4 rings (SSSR count). The van der Waals surface area contributed by atoms with E-state index >= 15 is 0 Å². The summed E-state index contributed by atoms with van der Waals surface area (Å²) >= 11 is 0. The Balaban J connectivity index is 1.46. The molecule has 2 fully saturated rings. The van der Waals surface area contributed by atoms with Crippen LogP contribution in [-0.2, 0) is 9.59 Å². The van der Waals surface area contributed by atoms with Crippen molar-refractivity contribution in [2.24, 2.45) is 0 Å². The van der Waals surface area contributed by atoms with Crippen molar-refractivity contribution in [3.05, 3.63) is 23.8 Å². The topological polar surface area (TPSA) is 91.4 Å². The van der Waals surface area contributed by atoms with Gasteiger partial charge < -0.3 is 29.5 Å². The van der Waals surface area contributed by atoms with E-state index in [-0.39, 0.29) is 24.1 Å². The Morgan fingerprint density at radius 1 is 1.19 bits per heavy atom. The number of nitrogens with zero attached hydrogens (tertiary/aromatic N) is 3. The maximum Gasteiger partial charge on any atom is 0.258 e. The van der Waals surface area contributed by atoms with Crippen molar-refractivity contribution in [2.45, 2.75) is 44.9 Å². The number of ether oxygens (including phenoxy) is 2. The van der Waals surface area contributed by atoms with E-state index in [4.69, 9.17) is 9.47 Å². The molecule has 1 aromatic carbocycles. The highest BCUT2D eigenvalue weighted by Gasteiger charge is 2.44. The molecule has 2 unspecified atom stereocenters. The van der Waals surface area contributed by atoms with Crippen LogP contribution in [0, 0.1) is 0 Å². The van der Waals surface area contributed by atoms with Crippen LogP contribution in [-0.4, -0.2) is 90.6 Å². The molecule has 32 heavy (non-hydrogen) atoms. The molecule has 9 nitrogen and oxygen atoms in total. The molecule has 174 valence electrons. The van der Waals surface area contributed by atoms with E-state index in [9.17, 15) is 14.4 Å². The lowest BCUT2D eigenvalue weighted by atomic mass is 10.00. The zero-order valence-electron chi connectivity index (χ0n) is 19.1. The van der Waals surface area contributed by atoms with Crippen LogP contribution < -0.4 is 14.8 Å². The van der Waals surface area contributed by atoms with Crippen molar-refractivity contribution in [3.63, 3.8) is 0 Å². The smallest absolute Gasteiger partial charge is 0.258 e. The number of rotatable bonds is 4. The van der Waals surface area contributed by atoms with Crippen LogP contribution in [0.1, 0.15) is 43.5 Å². The number of methoxy groups -OCH3 is 1. The monoisotopic (exact) mass is 444 g/mol. The largest absolute Gasteiger partial charge is 0.497 e. The van der Waals surface area contributed by atoms with Crippen LogP contribution in [0.25, 0.3) is 0 Å². The Kier molecular flexibility index (Phi) is 6.28. The van der Waals surface area contributed by atoms with Crippen LogP contribution in [0.3, 0.4) is 0 Å². The molecule has 1 spiro atoms. The van der Waals surface area contributed by atoms with Gasteiger partial charge in [-0.3, -0.25) is 14.4 Å². The minimum Gasteiger partial charge on any atom is -0.497 e. The van der Waals surface area contributed by atoms with E-state index < -0.39 is 11.8 Å². The molecule has 0 bridgehead atoms. The number of nitrogens with one attached hydrogen (secondary N) is 1. The van der Waals surface area contributed by atoms with Crippen LogP contribution in [0.15, 0.2) is 18.2 Å². The normalized spacial score (nSPS) is 25.0. The quantitative estimate of drug-likeness (QED) is 0.747. The molecule has 3 aliphatic rings. The minimum absolute atomic E-state index is 0.0197. The second kappa shape index (κ2) is 8.97. The van der Waals surface area contributed by atoms with E-state index in [0.29, 0.717) is 49.5 Å². The van der Waals surface area contributed by atoms with Gasteiger partial charge in [-0.2, -0.15) is 0 Å². The van der Waals surface area contributed by atoms with Crippen LogP contribution in [0.2, 0.25) is 0 Å². The zero-order chi connectivity index (χ0) is 22.9. The molecule has 0 radical (unpaired) electrons. The summed E-state index contributed by atoms with van der Waals surface area (Å²) in [5.74, 6) is 0.708. The van der Waals surface area contributed by atoms with Gasteiger partial charge in [0.05, 0.1) is 12.7 Å². The third-order valence-electron chi connectivity index (χ3n) is 6.86. The van der Waals surface area contributed by atoms with Crippen LogP contribution in [0.4, 0.5) is 0 Å². The molecule has 0 saturated carbocycles. The number of benzene rings is 1. The molecule has 3 amide bonds. The molecule has 2 atom stereocenters. The number of piperazine rings is 1. The first kappa shape index (κ1) is 22.4. The van der Waals surface area contributed by atoms with Crippen LogP contribution in [0.5, 0.6) is 11.5 Å². The van der Waals surface area contributed by atoms with Crippen molar-refractivity contribution in [2.75, 3.05) is 46.4 Å². The van der Waals surface area contributed by atoms with E-state index in [2.05, 4.69) is 17.1 Å². The standard InChI is InChI=1S/C23H32N4O5/c1-4-25-11-13-26(14-12-25)22(30)16(2)27-10-9-23(8-7-20(27)28)24-21(29)18-6-5-17(31-3)15-19(18)32-23/h5-6,15-16H,4,7-14H2,1-3H3,(H,24,29). The summed E-state index contributed by atoms with van der Waals surface area (Å²) in [4.78, 5) is 44.6. The van der Waals surface area contributed by atoms with Gasteiger partial charge in [-0.1, -0.05) is 6.92 Å². The summed E-state index contributed by atoms with van der Waals surface area (Å²) in [5.41, 5.74) is -0.533. The highest BCUT2D eigenvalue weighted by Crippen LogP contribution is 2.36. The fraction of sp³-hybridized carbons (Fsp3) is 0.609. The van der Waals surface area contributed by atoms with Gasteiger partial charge in [-0.05, 0) is 25.6 Å². The lowest BCUT2D eigenvalue weighted by molar-refractivity contribution is -0.145. The van der Waals surface area contributed by atoms with Crippen molar-refractivity contribution >= 4 is 17.7 Å². The highest BCUT2D eigenvalue weighted by atomic mass is 16.5. The third kappa shape index (κ3) is 4.26. The second-order valence-corrected chi connectivity index (χ2v) is 8.69. The number of carbonyl (C=O) groups excluding carboxylic acids is 3. The Hall–Kier alpha value is -2.81. The summed E-state index contributed by atoms with van der Waals surface area (Å²) in [6.45, 7) is 8.30. The number of fused-ring (bicyclic) bond motifs is 1. The predicted octanol–water partition coefficient (Wildman–Crippen LogP) is 1.08. The summed E-state index contributed by atoms with van der Waals surface area (Å²) in [7, 11) is 1.56. The van der Waals surface area contributed by atoms with Gasteiger partial charge in [0.25, 0.3) is 5.91 Å². The highest BCUT2D eigenvalue weighted by molar-refractivity contribution is 5.98. The van der Waals surface area contributed by atoms with Gasteiger partial charge in [-0.15, -0.1) is 0 Å². The van der Waals surface area contributed by atoms with E-state index in [1.54, 1.807) is 37.1 Å². The third-order valence-corrected chi connectivity index (χ3v) is 6.86. The van der Waals surface area contributed by atoms with Crippen LogP contribution >= 0.6 is 0 Å². The average molecular weight is 445 g/mol. The summed E-state index contributed by atoms with van der Waals surface area (Å²) in [5, 5.41) is 2.97. The van der Waals surface area contributed by atoms with Gasteiger partial charge in [-0.25, -0.2) is 0 Å². The first-order valence-electron chi connectivity index (χ1n) is 11.4. The molecule has 0 aromatic heterocycles. The predicted molar refractivity (Wildman–Crippen MR) is 118 cm³/mol. The Morgan fingerprint density at radius 2 is 1.94 bits per heavy atom. The molecule has 1 N–H and O–H groups in total. The fourth-order valence-corrected chi connectivity index (χ4v) is 4.73. The summed E-state index contributed by atoms with van der Waals surface area (Å²) in [6, 6.07) is 4.54. The number of likely N-dealkylation sites (N-methyl/N-ethyl adjacent to an activating group) is 1. The number of likely N-dealkylation sites (tertiary alicyclic amines) is 1. The Bertz CT molecular complexity index is 898. The zero-order valence-corrected chi connectivity index (χ0v) is 19.1. The lowest BCUT2D eigenvalue weighted by Gasteiger charge is -2.39. The fourth-order valence-electron chi connectivity index (χ4n) is 4.73. The Morgan fingerprint density at radius 3 is 2.62 bits per heavy atom. The SMILES string of the molecule is CCN1CCN(C(=O)C(C)N2CCC3(CCC2=O)NC(=O)c2ccc(OC)cc2O3)CC1. The number of hydrogen-bond donors (Lipinski definition) is 1. The van der Waals surface area contributed by atoms with E-state index in [1.807, 2.05) is 4.90 Å². The maximum atomic E-state index is 13.1. The average Bonchev–Trinajstić information content (AvgIpc) is 2.96. The first-order valence-corrected chi connectivity index (χ1v) is 11.4. The maximum absolute atomic E-state index is 13.1. The number of hydrogen-bond acceptors (Lipinski definition) is 6. The van der Waals surface area contributed by atoms with Gasteiger partial charge in [0.1, 0.15) is 17.5 Å². The van der Waals surface area contributed by atoms with E-state index in [0.717, 1.165) is 19.6 Å². The number of carbonyl (C=O) groups is 3.